The number of rotatable bonds is 5. The largest absolute Gasteiger partial charge is 0.467 e. The molecule has 0 N–H and O–H groups in total. The van der Waals surface area contributed by atoms with E-state index in [1.165, 1.54) is 22.1 Å². The van der Waals surface area contributed by atoms with Crippen molar-refractivity contribution in [2.24, 2.45) is 0 Å². The maximum absolute atomic E-state index is 13.3. The highest BCUT2D eigenvalue weighted by molar-refractivity contribution is 5.84. The van der Waals surface area contributed by atoms with Gasteiger partial charge in [0, 0.05) is 19.8 Å². The van der Waals surface area contributed by atoms with Crippen molar-refractivity contribution in [1.29, 1.82) is 5.26 Å². The van der Waals surface area contributed by atoms with E-state index in [1.54, 1.807) is 39.2 Å². The molecule has 0 radical (unpaired) electrons. The van der Waals surface area contributed by atoms with Gasteiger partial charge in [0.1, 0.15) is 11.8 Å². The third-order valence-corrected chi connectivity index (χ3v) is 3.93. The average molecular weight is 365 g/mol. The lowest BCUT2D eigenvalue weighted by molar-refractivity contribution is -0.137. The summed E-state index contributed by atoms with van der Waals surface area (Å²) in [4.78, 5) is 15.3. The molecule has 1 aromatic carbocycles. The summed E-state index contributed by atoms with van der Waals surface area (Å²) in [7, 11) is 3.15. The normalized spacial score (nSPS) is 12.3. The van der Waals surface area contributed by atoms with Crippen LogP contribution in [-0.2, 0) is 17.5 Å². The van der Waals surface area contributed by atoms with E-state index in [9.17, 15) is 18.0 Å². The molecule has 1 atom stereocenters. The van der Waals surface area contributed by atoms with Crippen LogP contribution in [0.3, 0.4) is 0 Å². The van der Waals surface area contributed by atoms with Crippen LogP contribution in [0.5, 0.6) is 0 Å². The summed E-state index contributed by atoms with van der Waals surface area (Å²) in [5, 5.41) is 8.95. The molecule has 26 heavy (non-hydrogen) atoms. The van der Waals surface area contributed by atoms with Gasteiger partial charge < -0.3 is 14.2 Å². The first-order valence-corrected chi connectivity index (χ1v) is 7.76. The lowest BCUT2D eigenvalue weighted by Crippen LogP contribution is -2.44. The quantitative estimate of drug-likeness (QED) is 0.811. The van der Waals surface area contributed by atoms with Gasteiger partial charge in [0.05, 0.1) is 30.0 Å². The lowest BCUT2D eigenvalue weighted by atomic mass is 10.1. The Balaban J connectivity index is 2.51. The van der Waals surface area contributed by atoms with E-state index in [1.807, 2.05) is 0 Å². The highest BCUT2D eigenvalue weighted by atomic mass is 19.4. The van der Waals surface area contributed by atoms with E-state index < -0.39 is 23.3 Å². The molecule has 0 aliphatic carbocycles. The van der Waals surface area contributed by atoms with Gasteiger partial charge in [-0.05, 0) is 37.3 Å². The number of anilines is 1. The maximum atomic E-state index is 13.3. The van der Waals surface area contributed by atoms with Gasteiger partial charge in [-0.2, -0.15) is 18.4 Å². The van der Waals surface area contributed by atoms with Crippen molar-refractivity contribution >= 4 is 11.6 Å². The third kappa shape index (κ3) is 4.17. The van der Waals surface area contributed by atoms with Crippen LogP contribution in [0.2, 0.25) is 0 Å². The van der Waals surface area contributed by atoms with E-state index >= 15 is 0 Å². The van der Waals surface area contributed by atoms with Gasteiger partial charge in [0.2, 0.25) is 5.91 Å². The summed E-state index contributed by atoms with van der Waals surface area (Å²) >= 11 is 0. The Bertz CT molecular complexity index is 808. The summed E-state index contributed by atoms with van der Waals surface area (Å²) in [5.41, 5.74) is -1.33. The molecule has 5 nitrogen and oxygen atoms in total. The topological polar surface area (TPSA) is 60.5 Å². The number of alkyl halides is 3. The Morgan fingerprint density at radius 3 is 2.50 bits per heavy atom. The number of nitrogens with zero attached hydrogens (tertiary/aromatic N) is 3. The molecule has 2 aromatic rings. The molecular formula is C18H18F3N3O2. The molecule has 138 valence electrons. The summed E-state index contributed by atoms with van der Waals surface area (Å²) in [6.07, 6.45) is -3.22. The van der Waals surface area contributed by atoms with E-state index in [0.717, 1.165) is 12.1 Å². The molecule has 8 heteroatoms. The van der Waals surface area contributed by atoms with Crippen molar-refractivity contribution in [2.45, 2.75) is 25.7 Å². The van der Waals surface area contributed by atoms with Gasteiger partial charge >= 0.3 is 6.18 Å². The van der Waals surface area contributed by atoms with Crippen LogP contribution in [0.1, 0.15) is 23.8 Å². The Kier molecular flexibility index (Phi) is 5.60. The molecule has 0 saturated carbocycles. The summed E-state index contributed by atoms with van der Waals surface area (Å²) in [6, 6.07) is 7.55. The summed E-state index contributed by atoms with van der Waals surface area (Å²) < 4.78 is 45.1. The first-order valence-electron chi connectivity index (χ1n) is 7.76. The zero-order valence-electron chi connectivity index (χ0n) is 14.5. The van der Waals surface area contributed by atoms with Crippen molar-refractivity contribution in [3.05, 3.63) is 53.5 Å². The average Bonchev–Trinajstić information content (AvgIpc) is 3.10. The van der Waals surface area contributed by atoms with Gasteiger partial charge in [-0.1, -0.05) is 0 Å². The first kappa shape index (κ1) is 19.4. The second-order valence-corrected chi connectivity index (χ2v) is 5.96. The second-order valence-electron chi connectivity index (χ2n) is 5.96. The molecule has 0 spiro atoms. The van der Waals surface area contributed by atoms with Crippen LogP contribution in [-0.4, -0.2) is 30.9 Å². The molecule has 0 bridgehead atoms. The Morgan fingerprint density at radius 1 is 1.31 bits per heavy atom. The van der Waals surface area contributed by atoms with Crippen LogP contribution in [0.25, 0.3) is 0 Å². The number of carbonyl (C=O) groups is 1. The molecular weight excluding hydrogens is 347 g/mol. The van der Waals surface area contributed by atoms with Crippen molar-refractivity contribution in [3.63, 3.8) is 0 Å². The fraction of sp³-hybridized carbons (Fsp3) is 0.333. The highest BCUT2D eigenvalue weighted by Gasteiger charge is 2.35. The monoisotopic (exact) mass is 365 g/mol. The van der Waals surface area contributed by atoms with Gasteiger partial charge in [-0.25, -0.2) is 0 Å². The Hall–Kier alpha value is -2.95. The van der Waals surface area contributed by atoms with Crippen LogP contribution in [0.15, 0.2) is 41.0 Å². The zero-order valence-corrected chi connectivity index (χ0v) is 14.5. The lowest BCUT2D eigenvalue weighted by Gasteiger charge is -2.32. The van der Waals surface area contributed by atoms with Gasteiger partial charge in [-0.15, -0.1) is 0 Å². The van der Waals surface area contributed by atoms with Crippen molar-refractivity contribution in [2.75, 3.05) is 19.0 Å². The maximum Gasteiger partial charge on any atom is 0.417 e. The number of hydrogen-bond acceptors (Lipinski definition) is 4. The molecule has 0 unspecified atom stereocenters. The van der Waals surface area contributed by atoms with Gasteiger partial charge in [0.25, 0.3) is 0 Å². The van der Waals surface area contributed by atoms with Crippen molar-refractivity contribution < 1.29 is 22.4 Å². The smallest absolute Gasteiger partial charge is 0.417 e. The third-order valence-electron chi connectivity index (χ3n) is 3.93. The van der Waals surface area contributed by atoms with Crippen molar-refractivity contribution in [3.8, 4) is 6.07 Å². The predicted molar refractivity (Wildman–Crippen MR) is 89.2 cm³/mol. The number of carbonyl (C=O) groups excluding carboxylic acids is 1. The molecule has 1 aromatic heterocycles. The molecule has 0 aliphatic heterocycles. The minimum absolute atomic E-state index is 0.108. The van der Waals surface area contributed by atoms with Crippen LogP contribution in [0.4, 0.5) is 18.9 Å². The minimum atomic E-state index is -4.67. The number of hydrogen-bond donors (Lipinski definition) is 0. The van der Waals surface area contributed by atoms with Gasteiger partial charge in [0.15, 0.2) is 0 Å². The van der Waals surface area contributed by atoms with E-state index in [2.05, 4.69) is 0 Å². The Labute approximate surface area is 149 Å². The fourth-order valence-corrected chi connectivity index (χ4v) is 2.57. The molecule has 0 saturated heterocycles. The molecule has 2 rings (SSSR count). The highest BCUT2D eigenvalue weighted by Crippen LogP contribution is 2.35. The number of nitriles is 1. The summed E-state index contributed by atoms with van der Waals surface area (Å²) in [6.45, 7) is 1.72. The molecule has 0 aliphatic rings. The second kappa shape index (κ2) is 7.52. The standard InChI is InChI=1S/C18H18F3N3O2/c1-12(17(25)23(2)3)24(11-15-5-4-8-26-15)14-7-6-13(10-22)16(9-14)18(19,20)21/h4-9,12H,11H2,1-3H3/t12-/m0/s1. The van der Waals surface area contributed by atoms with E-state index in [-0.39, 0.29) is 18.1 Å². The van der Waals surface area contributed by atoms with E-state index in [0.29, 0.717) is 5.76 Å². The number of benzene rings is 1. The molecule has 0 fully saturated rings. The number of likely N-dealkylation sites (N-methyl/N-ethyl adjacent to an activating group) is 1. The molecule has 1 heterocycles. The van der Waals surface area contributed by atoms with Crippen LogP contribution >= 0.6 is 0 Å². The zero-order chi connectivity index (χ0) is 19.5. The van der Waals surface area contributed by atoms with Crippen LogP contribution < -0.4 is 4.90 Å². The molecule has 1 amide bonds. The summed E-state index contributed by atoms with van der Waals surface area (Å²) in [5.74, 6) is 0.232. The van der Waals surface area contributed by atoms with E-state index in [4.69, 9.17) is 9.68 Å². The van der Waals surface area contributed by atoms with Crippen LogP contribution in [0, 0.1) is 11.3 Å². The van der Waals surface area contributed by atoms with Gasteiger partial charge in [-0.3, -0.25) is 4.79 Å². The Morgan fingerprint density at radius 2 is 2.00 bits per heavy atom. The predicted octanol–water partition coefficient (Wildman–Crippen LogP) is 3.65. The van der Waals surface area contributed by atoms with Crippen molar-refractivity contribution in [1.82, 2.24) is 4.90 Å². The minimum Gasteiger partial charge on any atom is -0.467 e. The number of amides is 1. The fourth-order valence-electron chi connectivity index (χ4n) is 2.57. The number of halogens is 3. The first-order chi connectivity index (χ1) is 12.1. The number of furan rings is 1. The SMILES string of the molecule is C[C@@H](C(=O)N(C)C)N(Cc1ccco1)c1ccc(C#N)c(C(F)(F)F)c1.